The Kier molecular flexibility index (Phi) is 3.35. The molecule has 1 unspecified atom stereocenters. The van der Waals surface area contributed by atoms with Gasteiger partial charge < -0.3 is 9.84 Å². The van der Waals surface area contributed by atoms with E-state index in [1.54, 1.807) is 0 Å². The van der Waals surface area contributed by atoms with Crippen molar-refractivity contribution in [3.8, 4) is 5.75 Å². The van der Waals surface area contributed by atoms with E-state index in [4.69, 9.17) is 9.84 Å². The SMILES string of the molecule is O=C(O)c1ccc(OCC2CC2(F)F)c(C(F)(F)F)c1. The molecule has 1 aromatic rings. The van der Waals surface area contributed by atoms with E-state index in [0.717, 1.165) is 12.1 Å². The van der Waals surface area contributed by atoms with Crippen LogP contribution in [-0.2, 0) is 6.18 Å². The Bertz CT molecular complexity index is 538. The fourth-order valence-corrected chi connectivity index (χ4v) is 1.65. The number of ether oxygens (including phenoxy) is 1. The van der Waals surface area contributed by atoms with Crippen LogP contribution in [0.25, 0.3) is 0 Å². The topological polar surface area (TPSA) is 46.5 Å². The first kappa shape index (κ1) is 14.5. The average molecular weight is 296 g/mol. The molecule has 3 nitrogen and oxygen atoms in total. The van der Waals surface area contributed by atoms with Crippen molar-refractivity contribution in [3.05, 3.63) is 29.3 Å². The third-order valence-electron chi connectivity index (χ3n) is 2.93. The number of carboxylic acids is 1. The van der Waals surface area contributed by atoms with Crippen LogP contribution in [0, 0.1) is 5.92 Å². The van der Waals surface area contributed by atoms with Crippen molar-refractivity contribution in [2.24, 2.45) is 5.92 Å². The minimum absolute atomic E-state index is 0.415. The molecule has 8 heteroatoms. The molecule has 1 N–H and O–H groups in total. The molecule has 0 aliphatic heterocycles. The summed E-state index contributed by atoms with van der Waals surface area (Å²) in [5.74, 6) is -6.15. The summed E-state index contributed by atoms with van der Waals surface area (Å²) in [5, 5.41) is 8.66. The highest BCUT2D eigenvalue weighted by Crippen LogP contribution is 2.49. The number of halogens is 5. The fourth-order valence-electron chi connectivity index (χ4n) is 1.65. The largest absolute Gasteiger partial charge is 0.492 e. The van der Waals surface area contributed by atoms with Gasteiger partial charge >= 0.3 is 12.1 Å². The van der Waals surface area contributed by atoms with Crippen LogP contribution >= 0.6 is 0 Å². The molecule has 0 bridgehead atoms. The Labute approximate surface area is 110 Å². The maximum absolute atomic E-state index is 12.8. The van der Waals surface area contributed by atoms with Gasteiger partial charge in [-0.15, -0.1) is 0 Å². The molecule has 0 spiro atoms. The third-order valence-corrected chi connectivity index (χ3v) is 2.93. The zero-order valence-corrected chi connectivity index (χ0v) is 9.88. The molecule has 0 radical (unpaired) electrons. The number of hydrogen-bond acceptors (Lipinski definition) is 2. The van der Waals surface area contributed by atoms with Gasteiger partial charge in [0.05, 0.1) is 23.7 Å². The molecule has 1 aromatic carbocycles. The van der Waals surface area contributed by atoms with Crippen molar-refractivity contribution in [2.45, 2.75) is 18.5 Å². The zero-order chi connectivity index (χ0) is 15.1. The number of hydrogen-bond donors (Lipinski definition) is 1. The van der Waals surface area contributed by atoms with Crippen molar-refractivity contribution in [2.75, 3.05) is 6.61 Å². The van der Waals surface area contributed by atoms with Crippen LogP contribution in [0.15, 0.2) is 18.2 Å². The standard InChI is InChI=1S/C12H9F5O3/c13-11(14)4-7(11)5-20-9-2-1-6(10(18)19)3-8(9)12(15,16)17/h1-3,7H,4-5H2,(H,18,19). The van der Waals surface area contributed by atoms with E-state index in [9.17, 15) is 26.7 Å². The molecule has 1 aliphatic carbocycles. The van der Waals surface area contributed by atoms with Crippen LogP contribution in [0.3, 0.4) is 0 Å². The minimum Gasteiger partial charge on any atom is -0.492 e. The Hall–Kier alpha value is -1.86. The quantitative estimate of drug-likeness (QED) is 0.866. The maximum atomic E-state index is 12.8. The van der Waals surface area contributed by atoms with Crippen molar-refractivity contribution >= 4 is 5.97 Å². The Morgan fingerprint density at radius 3 is 2.45 bits per heavy atom. The van der Waals surface area contributed by atoms with E-state index in [0.29, 0.717) is 6.07 Å². The molecule has 0 heterocycles. The van der Waals surface area contributed by atoms with Crippen LogP contribution in [0.5, 0.6) is 5.75 Å². The van der Waals surface area contributed by atoms with Crippen molar-refractivity contribution in [1.82, 2.24) is 0 Å². The summed E-state index contributed by atoms with van der Waals surface area (Å²) in [5.41, 5.74) is -1.84. The molecule has 2 rings (SSSR count). The lowest BCUT2D eigenvalue weighted by Gasteiger charge is -2.14. The molecular formula is C12H9F5O3. The highest BCUT2D eigenvalue weighted by Gasteiger charge is 2.57. The number of benzene rings is 1. The highest BCUT2D eigenvalue weighted by atomic mass is 19.4. The molecule has 1 aliphatic rings. The summed E-state index contributed by atoms with van der Waals surface area (Å²) >= 11 is 0. The van der Waals surface area contributed by atoms with Gasteiger partial charge in [0, 0.05) is 6.42 Å². The van der Waals surface area contributed by atoms with Crippen LogP contribution in [-0.4, -0.2) is 23.6 Å². The van der Waals surface area contributed by atoms with Gasteiger partial charge in [0.1, 0.15) is 5.75 Å². The number of rotatable bonds is 4. The molecule has 0 amide bonds. The first-order chi connectivity index (χ1) is 9.11. The van der Waals surface area contributed by atoms with Crippen LogP contribution in [0.4, 0.5) is 22.0 Å². The zero-order valence-electron chi connectivity index (χ0n) is 9.88. The predicted octanol–water partition coefficient (Wildman–Crippen LogP) is 3.44. The van der Waals surface area contributed by atoms with E-state index < -0.39 is 53.9 Å². The van der Waals surface area contributed by atoms with E-state index in [1.165, 1.54) is 0 Å². The highest BCUT2D eigenvalue weighted by molar-refractivity contribution is 5.88. The summed E-state index contributed by atoms with van der Waals surface area (Å²) < 4.78 is 68.3. The van der Waals surface area contributed by atoms with E-state index >= 15 is 0 Å². The fraction of sp³-hybridized carbons (Fsp3) is 0.417. The van der Waals surface area contributed by atoms with Crippen LogP contribution in [0.1, 0.15) is 22.3 Å². The smallest absolute Gasteiger partial charge is 0.419 e. The Morgan fingerprint density at radius 2 is 2.00 bits per heavy atom. The Morgan fingerprint density at radius 1 is 1.40 bits per heavy atom. The number of carboxylic acid groups (broad SMARTS) is 1. The molecule has 1 fully saturated rings. The summed E-state index contributed by atoms with van der Waals surface area (Å²) in [6.45, 7) is -0.539. The molecular weight excluding hydrogens is 287 g/mol. The number of alkyl halides is 5. The summed E-state index contributed by atoms with van der Waals surface area (Å²) in [6.07, 6.45) is -5.24. The van der Waals surface area contributed by atoms with E-state index in [1.807, 2.05) is 0 Å². The normalized spacial score (nSPS) is 20.6. The molecule has 20 heavy (non-hydrogen) atoms. The van der Waals surface area contributed by atoms with Crippen molar-refractivity contribution in [1.29, 1.82) is 0 Å². The molecule has 0 saturated heterocycles. The second-order valence-corrected chi connectivity index (χ2v) is 4.49. The van der Waals surface area contributed by atoms with Gasteiger partial charge in [0.25, 0.3) is 5.92 Å². The van der Waals surface area contributed by atoms with E-state index in [-0.39, 0.29) is 0 Å². The number of aromatic carboxylic acids is 1. The first-order valence-electron chi connectivity index (χ1n) is 5.56. The van der Waals surface area contributed by atoms with Gasteiger partial charge in [-0.05, 0) is 18.2 Å². The lowest BCUT2D eigenvalue weighted by Crippen LogP contribution is -2.13. The maximum Gasteiger partial charge on any atom is 0.419 e. The van der Waals surface area contributed by atoms with Crippen molar-refractivity contribution < 1.29 is 36.6 Å². The molecule has 1 atom stereocenters. The van der Waals surface area contributed by atoms with Crippen LogP contribution in [0.2, 0.25) is 0 Å². The monoisotopic (exact) mass is 296 g/mol. The minimum atomic E-state index is -4.83. The van der Waals surface area contributed by atoms with E-state index in [2.05, 4.69) is 0 Å². The lowest BCUT2D eigenvalue weighted by atomic mass is 10.1. The molecule has 110 valence electrons. The van der Waals surface area contributed by atoms with Crippen LogP contribution < -0.4 is 4.74 Å². The average Bonchev–Trinajstić information content (AvgIpc) is 2.93. The summed E-state index contributed by atoms with van der Waals surface area (Å²) in [4.78, 5) is 10.6. The summed E-state index contributed by atoms with van der Waals surface area (Å²) in [7, 11) is 0. The summed E-state index contributed by atoms with van der Waals surface area (Å²) in [6, 6.07) is 2.17. The van der Waals surface area contributed by atoms with Gasteiger partial charge in [0.15, 0.2) is 0 Å². The number of carbonyl (C=O) groups is 1. The van der Waals surface area contributed by atoms with Gasteiger partial charge in [0.2, 0.25) is 0 Å². The van der Waals surface area contributed by atoms with Gasteiger partial charge in [-0.25, -0.2) is 13.6 Å². The molecule has 1 saturated carbocycles. The van der Waals surface area contributed by atoms with Crippen molar-refractivity contribution in [3.63, 3.8) is 0 Å². The molecule has 0 aromatic heterocycles. The van der Waals surface area contributed by atoms with Gasteiger partial charge in [-0.3, -0.25) is 0 Å². The first-order valence-corrected chi connectivity index (χ1v) is 5.56. The van der Waals surface area contributed by atoms with Gasteiger partial charge in [-0.2, -0.15) is 13.2 Å². The second-order valence-electron chi connectivity index (χ2n) is 4.49. The lowest BCUT2D eigenvalue weighted by molar-refractivity contribution is -0.139. The predicted molar refractivity (Wildman–Crippen MR) is 57.0 cm³/mol. The Balaban J connectivity index is 2.21. The second kappa shape index (κ2) is 4.60. The third kappa shape index (κ3) is 3.00. The van der Waals surface area contributed by atoms with Gasteiger partial charge in [-0.1, -0.05) is 0 Å².